The van der Waals surface area contributed by atoms with Crippen molar-refractivity contribution in [2.24, 2.45) is 0 Å². The lowest BCUT2D eigenvalue weighted by Crippen LogP contribution is -2.28. The molecule has 2 aliphatic rings. The van der Waals surface area contributed by atoms with E-state index in [1.807, 2.05) is 127 Å². The highest BCUT2D eigenvalue weighted by Gasteiger charge is 2.49. The van der Waals surface area contributed by atoms with Crippen LogP contribution in [0.3, 0.4) is 0 Å². The molecule has 6 heterocycles. The van der Waals surface area contributed by atoms with E-state index in [1.54, 1.807) is 0 Å². The topological polar surface area (TPSA) is 99.7 Å². The maximum Gasteiger partial charge on any atom is 0.194 e. The zero-order valence-electron chi connectivity index (χ0n) is 51.7. The summed E-state index contributed by atoms with van der Waals surface area (Å²) < 4.78 is 34.2. The molecule has 0 fully saturated rings. The Kier molecular flexibility index (Phi) is 13.2. The molecule has 1 N–H and O–H groups in total. The highest BCUT2D eigenvalue weighted by Crippen LogP contribution is 2.61. The van der Waals surface area contributed by atoms with Crippen LogP contribution in [0.25, 0.3) is 165 Å². The first kappa shape index (κ1) is 59.0. The molecule has 20 aromatic rings. The number of para-hydroxylation sites is 10. The first-order valence-electron chi connectivity index (χ1n) is 32.2. The van der Waals surface area contributed by atoms with Crippen LogP contribution >= 0.6 is 79.6 Å². The Labute approximate surface area is 604 Å². The lowest BCUT2D eigenvalue weighted by atomic mass is 9.82. The van der Waals surface area contributed by atoms with Crippen LogP contribution in [0.1, 0.15) is 32.6 Å². The molecule has 8 nitrogen and oxygen atoms in total. The van der Waals surface area contributed by atoms with Crippen LogP contribution in [0.15, 0.2) is 307 Å². The number of aromatic nitrogens is 2. The number of fused-ring (bicyclic) bond motifs is 28. The van der Waals surface area contributed by atoms with Gasteiger partial charge in [-0.3, -0.25) is 4.79 Å². The third-order valence-electron chi connectivity index (χ3n) is 20.0. The van der Waals surface area contributed by atoms with E-state index < -0.39 is 5.60 Å². The molecule has 0 radical (unpaired) electrons. The number of rotatable bonds is 3. The molecule has 13 heteroatoms. The van der Waals surface area contributed by atoms with Gasteiger partial charge < -0.3 is 31.9 Å². The minimum atomic E-state index is -1.56. The smallest absolute Gasteiger partial charge is 0.194 e. The van der Waals surface area contributed by atoms with E-state index in [1.165, 1.54) is 27.5 Å². The number of carbonyl (C=O) groups is 1. The summed E-state index contributed by atoms with van der Waals surface area (Å²) in [4.78, 5) is 13.5. The number of carbonyl (C=O) groups excluding carboxylic acids is 1. The van der Waals surface area contributed by atoms with Crippen molar-refractivity contribution in [2.45, 2.75) is 5.60 Å². The molecule has 2 aliphatic carbocycles. The fourth-order valence-electron chi connectivity index (χ4n) is 16.0. The van der Waals surface area contributed by atoms with Crippen LogP contribution < -0.4 is 0 Å². The maximum absolute atomic E-state index is 13.9. The summed E-state index contributed by atoms with van der Waals surface area (Å²) in [7, 11) is 0. The van der Waals surface area contributed by atoms with Crippen molar-refractivity contribution in [2.75, 3.05) is 0 Å². The van der Waals surface area contributed by atoms with E-state index in [4.69, 9.17) is 17.7 Å². The standard InChI is InChI=1S/C43H23Br2NO3.C25H10Br2O3.C18H12BrN/c44-30-21-28-39(37-25-13-3-9-19-35(25)48-41(30)37)40-29(22-31(45)42-38(40)26-14-4-10-20-36(26)49-42)43(28,47)27-15-5-8-18-34(27)46-32-16-6-1-11-23(32)24-12-2-7-17-33(24)46;26-15-9-13-19(21-11-5-1-3-7-17(11)29-24(15)21)20-14(23(13)28)10-16(27)25-22(20)12-6-2-4-8-18(12)30-25;19-15-9-3-6-12-18(15)20-16-10-4-1-7-13(16)14-8-2-5-11-17(14)20/h1-22,47H;1-10H;1-12H. The molecule has 22 rings (SSSR count). The van der Waals surface area contributed by atoms with Gasteiger partial charge in [0.2, 0.25) is 0 Å². The molecular formula is C86H45Br5N2O6. The van der Waals surface area contributed by atoms with Gasteiger partial charge in [-0.25, -0.2) is 0 Å². The monoisotopic (exact) mass is 1600 g/mol. The van der Waals surface area contributed by atoms with Crippen molar-refractivity contribution in [1.29, 1.82) is 0 Å². The zero-order chi connectivity index (χ0) is 66.3. The number of nitrogens with zero attached hydrogens (tertiary/aromatic N) is 2. The summed E-state index contributed by atoms with van der Waals surface area (Å²) in [6.07, 6.45) is 0. The third-order valence-corrected chi connectivity index (χ3v) is 23.0. The Morgan fingerprint density at radius 3 is 0.939 bits per heavy atom. The summed E-state index contributed by atoms with van der Waals surface area (Å²) in [6, 6.07) is 90.6. The Morgan fingerprint density at radius 2 is 0.566 bits per heavy atom. The minimum absolute atomic E-state index is 0.0146. The SMILES string of the molecule is Brc1ccccc1-n1c2ccccc2c2ccccc21.O=C1c2cc(Br)c3oc4ccccc4c3c2-c2c1cc(Br)c1oc3ccccc3c21.OC1(c2ccccc2-n2c3ccccc3c3ccccc32)c2cc(Br)c3oc4ccccc4c3c2-c2c1cc(Br)c1oc3ccccc3c21. The van der Waals surface area contributed by atoms with E-state index in [9.17, 15) is 9.90 Å². The average molecular weight is 1600 g/mol. The third kappa shape index (κ3) is 8.40. The molecule has 470 valence electrons. The van der Waals surface area contributed by atoms with Crippen molar-refractivity contribution in [3.63, 3.8) is 0 Å². The summed E-state index contributed by atoms with van der Waals surface area (Å²) in [6.45, 7) is 0. The van der Waals surface area contributed by atoms with Gasteiger partial charge >= 0.3 is 0 Å². The van der Waals surface area contributed by atoms with Crippen molar-refractivity contribution < 1.29 is 27.6 Å². The largest absolute Gasteiger partial charge is 0.455 e. The molecule has 0 atom stereocenters. The lowest BCUT2D eigenvalue weighted by molar-refractivity contribution is 0.104. The van der Waals surface area contributed by atoms with Crippen LogP contribution in [-0.2, 0) is 5.60 Å². The second kappa shape index (κ2) is 22.2. The highest BCUT2D eigenvalue weighted by molar-refractivity contribution is 9.11. The summed E-state index contributed by atoms with van der Waals surface area (Å²) in [5.74, 6) is 0.0146. The molecule has 0 aliphatic heterocycles. The van der Waals surface area contributed by atoms with Crippen LogP contribution in [-0.4, -0.2) is 20.0 Å². The number of furan rings is 4. The lowest BCUT2D eigenvalue weighted by Gasteiger charge is -2.30. The first-order valence-corrected chi connectivity index (χ1v) is 36.1. The molecule has 0 spiro atoms. The van der Waals surface area contributed by atoms with Crippen molar-refractivity contribution >= 4 is 217 Å². The number of ketones is 1. The Morgan fingerprint density at radius 1 is 0.283 bits per heavy atom. The highest BCUT2D eigenvalue weighted by atomic mass is 79.9. The van der Waals surface area contributed by atoms with E-state index in [0.717, 1.165) is 177 Å². The molecule has 0 amide bonds. The van der Waals surface area contributed by atoms with Gasteiger partial charge in [-0.15, -0.1) is 0 Å². The molecule has 99 heavy (non-hydrogen) atoms. The van der Waals surface area contributed by atoms with Crippen LogP contribution in [0.4, 0.5) is 0 Å². The second-order valence-electron chi connectivity index (χ2n) is 25.1. The average Bonchev–Trinajstić information content (AvgIpc) is 1.52. The van der Waals surface area contributed by atoms with Gasteiger partial charge in [0.1, 0.15) is 50.3 Å². The van der Waals surface area contributed by atoms with Crippen molar-refractivity contribution in [1.82, 2.24) is 9.13 Å². The molecule has 0 saturated carbocycles. The molecular weight excluding hydrogens is 1560 g/mol. The van der Waals surface area contributed by atoms with Crippen LogP contribution in [0.5, 0.6) is 0 Å². The summed E-state index contributed by atoms with van der Waals surface area (Å²) in [5, 5.41) is 26.6. The number of benzene rings is 14. The van der Waals surface area contributed by atoms with Gasteiger partial charge in [0.15, 0.2) is 5.78 Å². The number of aliphatic hydroxyl groups is 1. The predicted molar refractivity (Wildman–Crippen MR) is 418 cm³/mol. The van der Waals surface area contributed by atoms with Gasteiger partial charge in [0.05, 0.1) is 51.3 Å². The van der Waals surface area contributed by atoms with Gasteiger partial charge in [-0.1, -0.05) is 176 Å². The normalized spacial score (nSPS) is 13.1. The first-order chi connectivity index (χ1) is 48.5. The van der Waals surface area contributed by atoms with E-state index >= 15 is 0 Å². The van der Waals surface area contributed by atoms with E-state index in [0.29, 0.717) is 11.1 Å². The predicted octanol–water partition coefficient (Wildman–Crippen LogP) is 26.1. The second-order valence-corrected chi connectivity index (χ2v) is 29.4. The van der Waals surface area contributed by atoms with Gasteiger partial charge in [0, 0.05) is 119 Å². The molecule has 0 bridgehead atoms. The molecule has 0 saturated heterocycles. The Bertz CT molecular complexity index is 6580. The van der Waals surface area contributed by atoms with Gasteiger partial charge in [-0.05, 0) is 171 Å². The minimum Gasteiger partial charge on any atom is -0.455 e. The number of hydrogen-bond acceptors (Lipinski definition) is 6. The summed E-state index contributed by atoms with van der Waals surface area (Å²) >= 11 is 18.7. The van der Waals surface area contributed by atoms with Gasteiger partial charge in [0.25, 0.3) is 0 Å². The van der Waals surface area contributed by atoms with E-state index in [2.05, 4.69) is 228 Å². The van der Waals surface area contributed by atoms with Crippen molar-refractivity contribution in [3.8, 4) is 33.6 Å². The van der Waals surface area contributed by atoms with Crippen LogP contribution in [0.2, 0.25) is 0 Å². The zero-order valence-corrected chi connectivity index (χ0v) is 59.6. The number of hydrogen-bond donors (Lipinski definition) is 1. The molecule has 6 aromatic heterocycles. The fraction of sp³-hybridized carbons (Fsp3) is 0.0116. The van der Waals surface area contributed by atoms with Crippen LogP contribution in [0, 0.1) is 0 Å². The Hall–Kier alpha value is -10.1. The molecule has 14 aromatic carbocycles. The van der Waals surface area contributed by atoms with E-state index in [-0.39, 0.29) is 5.78 Å². The van der Waals surface area contributed by atoms with Crippen molar-refractivity contribution in [3.05, 3.63) is 317 Å². The van der Waals surface area contributed by atoms with Gasteiger partial charge in [-0.2, -0.15) is 0 Å². The fourth-order valence-corrected chi connectivity index (χ4v) is 18.5. The molecule has 0 unspecified atom stereocenters. The Balaban J connectivity index is 0.000000112. The quantitative estimate of drug-likeness (QED) is 0.189. The summed E-state index contributed by atoms with van der Waals surface area (Å²) in [5.41, 5.74) is 18.8. The maximum atomic E-state index is 13.9. The number of halogens is 5.